The number of benzene rings is 1. The number of aryl methyl sites for hydroxylation is 1. The largest absolute Gasteiger partial charge is 0.494 e. The average molecular weight is 321 g/mol. The molecular formula is C17H27N3OS. The highest BCUT2D eigenvalue weighted by Gasteiger charge is 2.05. The minimum Gasteiger partial charge on any atom is -0.494 e. The summed E-state index contributed by atoms with van der Waals surface area (Å²) in [7, 11) is 1.78. The quantitative estimate of drug-likeness (QED) is 0.318. The lowest BCUT2D eigenvalue weighted by atomic mass is 10.1. The predicted octanol–water partition coefficient (Wildman–Crippen LogP) is 2.98. The Balaban J connectivity index is 2.47. The molecule has 0 saturated carbocycles. The molecule has 2 N–H and O–H groups in total. The second-order valence-electron chi connectivity index (χ2n) is 4.76. The van der Waals surface area contributed by atoms with Gasteiger partial charge in [-0.2, -0.15) is 11.8 Å². The number of aliphatic imine (C=N–C) groups is 1. The van der Waals surface area contributed by atoms with Crippen LogP contribution in [-0.2, 0) is 6.54 Å². The molecule has 0 amide bonds. The highest BCUT2D eigenvalue weighted by atomic mass is 32.2. The second kappa shape index (κ2) is 11.0. The van der Waals surface area contributed by atoms with E-state index in [2.05, 4.69) is 47.3 Å². The fourth-order valence-corrected chi connectivity index (χ4v) is 2.49. The Labute approximate surface area is 138 Å². The smallest absolute Gasteiger partial charge is 0.191 e. The van der Waals surface area contributed by atoms with Crippen molar-refractivity contribution in [3.63, 3.8) is 0 Å². The third-order valence-electron chi connectivity index (χ3n) is 2.97. The maximum atomic E-state index is 5.70. The summed E-state index contributed by atoms with van der Waals surface area (Å²) in [5.41, 5.74) is 2.34. The third-order valence-corrected chi connectivity index (χ3v) is 3.93. The van der Waals surface area contributed by atoms with Gasteiger partial charge in [0.15, 0.2) is 5.96 Å². The van der Waals surface area contributed by atoms with Crippen molar-refractivity contribution in [3.05, 3.63) is 42.0 Å². The van der Waals surface area contributed by atoms with Crippen LogP contribution in [0.3, 0.4) is 0 Å². The Kier molecular flexibility index (Phi) is 9.23. The highest BCUT2D eigenvalue weighted by Crippen LogP contribution is 2.20. The van der Waals surface area contributed by atoms with Gasteiger partial charge in [0.2, 0.25) is 0 Å². The van der Waals surface area contributed by atoms with E-state index in [1.165, 1.54) is 5.56 Å². The van der Waals surface area contributed by atoms with Gasteiger partial charge in [-0.3, -0.25) is 4.99 Å². The Morgan fingerprint density at radius 2 is 2.23 bits per heavy atom. The van der Waals surface area contributed by atoms with E-state index >= 15 is 0 Å². The van der Waals surface area contributed by atoms with Gasteiger partial charge in [-0.1, -0.05) is 18.2 Å². The molecule has 0 heterocycles. The maximum absolute atomic E-state index is 5.70. The normalized spacial score (nSPS) is 11.1. The molecule has 0 aromatic heterocycles. The molecule has 0 unspecified atom stereocenters. The van der Waals surface area contributed by atoms with Crippen molar-refractivity contribution < 1.29 is 4.74 Å². The van der Waals surface area contributed by atoms with Gasteiger partial charge in [-0.15, -0.1) is 6.58 Å². The Morgan fingerprint density at radius 1 is 1.41 bits per heavy atom. The van der Waals surface area contributed by atoms with Crippen LogP contribution in [0.15, 0.2) is 35.8 Å². The first-order valence-corrected chi connectivity index (χ1v) is 8.72. The van der Waals surface area contributed by atoms with Gasteiger partial charge in [0.05, 0.1) is 6.61 Å². The lowest BCUT2D eigenvalue weighted by Crippen LogP contribution is -2.38. The van der Waals surface area contributed by atoms with Crippen molar-refractivity contribution in [2.24, 2.45) is 4.99 Å². The molecule has 1 rings (SSSR count). The minimum atomic E-state index is 0.671. The maximum Gasteiger partial charge on any atom is 0.191 e. The molecule has 5 heteroatoms. The molecule has 4 nitrogen and oxygen atoms in total. The molecule has 1 aromatic carbocycles. The summed E-state index contributed by atoms with van der Waals surface area (Å²) in [6.07, 6.45) is 1.92. The molecule has 0 spiro atoms. The molecular weight excluding hydrogens is 294 g/mol. The topological polar surface area (TPSA) is 45.7 Å². The lowest BCUT2D eigenvalue weighted by Gasteiger charge is -2.14. The first-order valence-electron chi connectivity index (χ1n) is 7.56. The summed E-state index contributed by atoms with van der Waals surface area (Å²) in [4.78, 5) is 4.24. The van der Waals surface area contributed by atoms with Gasteiger partial charge in [-0.05, 0) is 25.5 Å². The molecule has 22 heavy (non-hydrogen) atoms. The molecule has 0 radical (unpaired) electrons. The first kappa shape index (κ1) is 18.4. The van der Waals surface area contributed by atoms with E-state index in [4.69, 9.17) is 4.74 Å². The van der Waals surface area contributed by atoms with Crippen molar-refractivity contribution in [1.82, 2.24) is 10.6 Å². The van der Waals surface area contributed by atoms with Crippen LogP contribution in [0.2, 0.25) is 0 Å². The zero-order valence-corrected chi connectivity index (χ0v) is 14.6. The first-order chi connectivity index (χ1) is 10.7. The van der Waals surface area contributed by atoms with Crippen molar-refractivity contribution in [1.29, 1.82) is 0 Å². The fraction of sp³-hybridized carbons (Fsp3) is 0.471. The van der Waals surface area contributed by atoms with Crippen LogP contribution < -0.4 is 15.4 Å². The molecule has 0 bridgehead atoms. The van der Waals surface area contributed by atoms with Crippen LogP contribution in [0.1, 0.15) is 18.1 Å². The Morgan fingerprint density at radius 3 is 2.91 bits per heavy atom. The van der Waals surface area contributed by atoms with Gasteiger partial charge in [0, 0.05) is 37.2 Å². The zero-order chi connectivity index (χ0) is 16.2. The lowest BCUT2D eigenvalue weighted by molar-refractivity contribution is 0.336. The number of nitrogens with zero attached hydrogens (tertiary/aromatic N) is 1. The summed E-state index contributed by atoms with van der Waals surface area (Å²) in [6.45, 7) is 10.0. The van der Waals surface area contributed by atoms with E-state index in [9.17, 15) is 0 Å². The Bertz CT molecular complexity index is 489. The monoisotopic (exact) mass is 321 g/mol. The number of ether oxygens (including phenoxy) is 1. The van der Waals surface area contributed by atoms with Gasteiger partial charge < -0.3 is 15.4 Å². The number of hydrogen-bond acceptors (Lipinski definition) is 3. The van der Waals surface area contributed by atoms with Crippen LogP contribution >= 0.6 is 11.8 Å². The standard InChI is InChI=1S/C17H27N3OS/c1-5-10-22-11-9-19-17(18-4)20-13-15-8-7-14(3)12-16(15)21-6-2/h5,7-8,12H,1,6,9-11,13H2,2-4H3,(H2,18,19,20). The summed E-state index contributed by atoms with van der Waals surface area (Å²) >= 11 is 1.85. The van der Waals surface area contributed by atoms with E-state index in [0.717, 1.165) is 35.3 Å². The van der Waals surface area contributed by atoms with Gasteiger partial charge in [0.25, 0.3) is 0 Å². The second-order valence-corrected chi connectivity index (χ2v) is 5.91. The molecule has 0 aliphatic rings. The minimum absolute atomic E-state index is 0.671. The van der Waals surface area contributed by atoms with Crippen LogP contribution in [0.4, 0.5) is 0 Å². The van der Waals surface area contributed by atoms with Gasteiger partial charge in [-0.25, -0.2) is 0 Å². The highest BCUT2D eigenvalue weighted by molar-refractivity contribution is 7.99. The van der Waals surface area contributed by atoms with Crippen molar-refractivity contribution in [3.8, 4) is 5.75 Å². The SMILES string of the molecule is C=CCSCCNC(=NC)NCc1ccc(C)cc1OCC. The molecule has 0 atom stereocenters. The number of guanidine groups is 1. The van der Waals surface area contributed by atoms with E-state index in [0.29, 0.717) is 13.2 Å². The number of hydrogen-bond donors (Lipinski definition) is 2. The predicted molar refractivity (Wildman–Crippen MR) is 98.1 cm³/mol. The molecule has 0 aliphatic carbocycles. The molecule has 122 valence electrons. The van der Waals surface area contributed by atoms with Crippen LogP contribution in [-0.4, -0.2) is 37.7 Å². The molecule has 0 aliphatic heterocycles. The van der Waals surface area contributed by atoms with Crippen molar-refractivity contribution in [2.45, 2.75) is 20.4 Å². The van der Waals surface area contributed by atoms with Gasteiger partial charge in [0.1, 0.15) is 5.75 Å². The average Bonchev–Trinajstić information content (AvgIpc) is 2.52. The fourth-order valence-electron chi connectivity index (χ4n) is 1.91. The number of thioether (sulfide) groups is 1. The summed E-state index contributed by atoms with van der Waals surface area (Å²) in [6, 6.07) is 6.27. The Hall–Kier alpha value is -1.62. The number of rotatable bonds is 9. The third kappa shape index (κ3) is 6.89. The van der Waals surface area contributed by atoms with Crippen LogP contribution in [0, 0.1) is 6.92 Å². The molecule has 1 aromatic rings. The van der Waals surface area contributed by atoms with E-state index in [1.807, 2.05) is 24.8 Å². The van der Waals surface area contributed by atoms with Gasteiger partial charge >= 0.3 is 0 Å². The van der Waals surface area contributed by atoms with Crippen molar-refractivity contribution >= 4 is 17.7 Å². The summed E-state index contributed by atoms with van der Waals surface area (Å²) < 4.78 is 5.70. The van der Waals surface area contributed by atoms with E-state index in [-0.39, 0.29) is 0 Å². The van der Waals surface area contributed by atoms with E-state index in [1.54, 1.807) is 7.05 Å². The van der Waals surface area contributed by atoms with Crippen LogP contribution in [0.25, 0.3) is 0 Å². The van der Waals surface area contributed by atoms with Crippen molar-refractivity contribution in [2.75, 3.05) is 31.7 Å². The molecule has 0 saturated heterocycles. The van der Waals surface area contributed by atoms with E-state index < -0.39 is 0 Å². The van der Waals surface area contributed by atoms with Crippen LogP contribution in [0.5, 0.6) is 5.75 Å². The molecule has 0 fully saturated rings. The summed E-state index contributed by atoms with van der Waals surface area (Å²) in [5.74, 6) is 3.75. The number of nitrogens with one attached hydrogen (secondary N) is 2. The summed E-state index contributed by atoms with van der Waals surface area (Å²) in [5, 5.41) is 6.63. The zero-order valence-electron chi connectivity index (χ0n) is 13.8.